The Bertz CT molecular complexity index is 733. The maximum Gasteiger partial charge on any atom is 0.287 e. The number of furan rings is 1. The molecule has 1 aromatic heterocycles. The number of carbonyl (C=O) groups excluding carboxylic acids is 2. The van der Waals surface area contributed by atoms with Gasteiger partial charge in [0.05, 0.1) is 6.04 Å². The van der Waals surface area contributed by atoms with Crippen molar-refractivity contribution in [2.75, 3.05) is 5.32 Å². The maximum absolute atomic E-state index is 12.1. The first-order chi connectivity index (χ1) is 10.5. The molecular weight excluding hydrogens is 280 g/mol. The van der Waals surface area contributed by atoms with Crippen molar-refractivity contribution < 1.29 is 14.0 Å². The van der Waals surface area contributed by atoms with E-state index in [9.17, 15) is 9.59 Å². The summed E-state index contributed by atoms with van der Waals surface area (Å²) in [4.78, 5) is 23.5. The number of aryl methyl sites for hydroxylation is 2. The molecule has 2 N–H and O–H groups in total. The molecule has 1 aliphatic rings. The van der Waals surface area contributed by atoms with Gasteiger partial charge in [-0.2, -0.15) is 0 Å². The molecule has 1 aliphatic heterocycles. The van der Waals surface area contributed by atoms with Crippen molar-refractivity contribution in [1.82, 2.24) is 5.32 Å². The molecular formula is C17H18N2O3. The van der Waals surface area contributed by atoms with Gasteiger partial charge in [-0.05, 0) is 49.6 Å². The molecule has 3 rings (SSSR count). The van der Waals surface area contributed by atoms with Crippen LogP contribution >= 0.6 is 0 Å². The van der Waals surface area contributed by atoms with Crippen LogP contribution in [0.2, 0.25) is 0 Å². The van der Waals surface area contributed by atoms with E-state index in [0.717, 1.165) is 23.2 Å². The van der Waals surface area contributed by atoms with Crippen LogP contribution in [0.4, 0.5) is 5.69 Å². The van der Waals surface area contributed by atoms with Crippen molar-refractivity contribution in [1.29, 1.82) is 0 Å². The summed E-state index contributed by atoms with van der Waals surface area (Å²) in [5.74, 6) is 0.846. The Morgan fingerprint density at radius 3 is 2.82 bits per heavy atom. The summed E-state index contributed by atoms with van der Waals surface area (Å²) in [6.45, 7) is 3.73. The fourth-order valence-corrected chi connectivity index (χ4v) is 2.58. The minimum absolute atomic E-state index is 0.0507. The van der Waals surface area contributed by atoms with Crippen molar-refractivity contribution in [2.24, 2.45) is 0 Å². The number of amides is 2. The summed E-state index contributed by atoms with van der Waals surface area (Å²) in [5.41, 5.74) is 2.97. The number of benzene rings is 1. The van der Waals surface area contributed by atoms with Crippen LogP contribution in [0.1, 0.15) is 46.8 Å². The first kappa shape index (κ1) is 14.4. The van der Waals surface area contributed by atoms with Gasteiger partial charge in [-0.3, -0.25) is 9.59 Å². The van der Waals surface area contributed by atoms with Crippen LogP contribution in [0, 0.1) is 6.92 Å². The van der Waals surface area contributed by atoms with Crippen molar-refractivity contribution in [3.63, 3.8) is 0 Å². The van der Waals surface area contributed by atoms with Gasteiger partial charge < -0.3 is 15.1 Å². The normalized spacial score (nSPS) is 14.9. The fraction of sp³-hybridized carbons (Fsp3) is 0.294. The molecule has 0 bridgehead atoms. The molecule has 2 amide bonds. The predicted molar refractivity (Wildman–Crippen MR) is 82.7 cm³/mol. The van der Waals surface area contributed by atoms with Gasteiger partial charge in [-0.25, -0.2) is 0 Å². The molecule has 1 atom stereocenters. The number of fused-ring (bicyclic) bond motifs is 1. The van der Waals surface area contributed by atoms with Crippen molar-refractivity contribution in [2.45, 2.75) is 32.7 Å². The second-order valence-corrected chi connectivity index (χ2v) is 5.57. The van der Waals surface area contributed by atoms with Crippen molar-refractivity contribution >= 4 is 17.5 Å². The number of hydrogen-bond acceptors (Lipinski definition) is 3. The Labute approximate surface area is 128 Å². The molecule has 22 heavy (non-hydrogen) atoms. The van der Waals surface area contributed by atoms with Crippen LogP contribution < -0.4 is 10.6 Å². The van der Waals surface area contributed by atoms with E-state index >= 15 is 0 Å². The lowest BCUT2D eigenvalue weighted by Crippen LogP contribution is -2.26. The van der Waals surface area contributed by atoms with Gasteiger partial charge >= 0.3 is 0 Å². The summed E-state index contributed by atoms with van der Waals surface area (Å²) in [7, 11) is 0. The Morgan fingerprint density at radius 2 is 2.09 bits per heavy atom. The largest absolute Gasteiger partial charge is 0.456 e. The van der Waals surface area contributed by atoms with Crippen LogP contribution in [0.5, 0.6) is 0 Å². The number of rotatable bonds is 3. The van der Waals surface area contributed by atoms with E-state index < -0.39 is 0 Å². The quantitative estimate of drug-likeness (QED) is 0.915. The molecule has 0 radical (unpaired) electrons. The second kappa shape index (κ2) is 5.67. The van der Waals surface area contributed by atoms with Gasteiger partial charge in [0.2, 0.25) is 5.91 Å². The lowest BCUT2D eigenvalue weighted by molar-refractivity contribution is -0.116. The number of hydrogen-bond donors (Lipinski definition) is 2. The average Bonchev–Trinajstić information content (AvgIpc) is 2.93. The summed E-state index contributed by atoms with van der Waals surface area (Å²) < 4.78 is 5.32. The van der Waals surface area contributed by atoms with Gasteiger partial charge in [0, 0.05) is 12.1 Å². The number of nitrogens with one attached hydrogen (secondary N) is 2. The average molecular weight is 298 g/mol. The summed E-state index contributed by atoms with van der Waals surface area (Å²) in [6, 6.07) is 9.14. The van der Waals surface area contributed by atoms with Crippen LogP contribution in [-0.4, -0.2) is 11.8 Å². The van der Waals surface area contributed by atoms with E-state index in [1.165, 1.54) is 0 Å². The SMILES string of the molecule is Cc1ccc(C(=O)NC(C)c2ccc3c(c2)CCC(=O)N3)o1. The van der Waals surface area contributed by atoms with Crippen LogP contribution in [0.25, 0.3) is 0 Å². The number of carbonyl (C=O) groups is 2. The highest BCUT2D eigenvalue weighted by Crippen LogP contribution is 2.26. The molecule has 1 aromatic carbocycles. The molecule has 5 nitrogen and oxygen atoms in total. The molecule has 114 valence electrons. The third-order valence-electron chi connectivity index (χ3n) is 3.84. The highest BCUT2D eigenvalue weighted by molar-refractivity contribution is 5.94. The molecule has 0 spiro atoms. The zero-order valence-electron chi connectivity index (χ0n) is 12.6. The zero-order chi connectivity index (χ0) is 15.7. The fourth-order valence-electron chi connectivity index (χ4n) is 2.58. The highest BCUT2D eigenvalue weighted by Gasteiger charge is 2.18. The van der Waals surface area contributed by atoms with Gasteiger partial charge in [-0.1, -0.05) is 12.1 Å². The van der Waals surface area contributed by atoms with E-state index in [4.69, 9.17) is 4.42 Å². The molecule has 5 heteroatoms. The Balaban J connectivity index is 1.74. The van der Waals surface area contributed by atoms with Gasteiger partial charge in [0.1, 0.15) is 5.76 Å². The molecule has 0 saturated carbocycles. The second-order valence-electron chi connectivity index (χ2n) is 5.57. The maximum atomic E-state index is 12.1. The van der Waals surface area contributed by atoms with Crippen molar-refractivity contribution in [3.05, 3.63) is 53.0 Å². The van der Waals surface area contributed by atoms with Crippen LogP contribution in [0.15, 0.2) is 34.7 Å². The van der Waals surface area contributed by atoms with E-state index in [1.807, 2.05) is 25.1 Å². The van der Waals surface area contributed by atoms with Gasteiger partial charge in [-0.15, -0.1) is 0 Å². The lowest BCUT2D eigenvalue weighted by Gasteiger charge is -2.20. The standard InChI is InChI=1S/C17H18N2O3/c1-10-3-7-15(22-10)17(21)18-11(2)12-4-6-14-13(9-12)5-8-16(20)19-14/h3-4,6-7,9,11H,5,8H2,1-2H3,(H,18,21)(H,19,20). The monoisotopic (exact) mass is 298 g/mol. The number of anilines is 1. The third kappa shape index (κ3) is 2.88. The Hall–Kier alpha value is -2.56. The smallest absolute Gasteiger partial charge is 0.287 e. The summed E-state index contributed by atoms with van der Waals surface area (Å²) in [5, 5.41) is 5.78. The van der Waals surface area contributed by atoms with Crippen LogP contribution in [0.3, 0.4) is 0 Å². The first-order valence-corrected chi connectivity index (χ1v) is 7.33. The Kier molecular flexibility index (Phi) is 3.71. The summed E-state index contributed by atoms with van der Waals surface area (Å²) in [6.07, 6.45) is 1.23. The van der Waals surface area contributed by atoms with E-state index in [0.29, 0.717) is 17.9 Å². The molecule has 0 saturated heterocycles. The zero-order valence-corrected chi connectivity index (χ0v) is 12.6. The molecule has 2 heterocycles. The minimum Gasteiger partial charge on any atom is -0.456 e. The van der Waals surface area contributed by atoms with E-state index in [2.05, 4.69) is 10.6 Å². The molecule has 2 aromatic rings. The predicted octanol–water partition coefficient (Wildman–Crippen LogP) is 2.96. The minimum atomic E-state index is -0.230. The molecule has 0 fully saturated rings. The first-order valence-electron chi connectivity index (χ1n) is 7.33. The van der Waals surface area contributed by atoms with E-state index in [-0.39, 0.29) is 17.9 Å². The topological polar surface area (TPSA) is 71.3 Å². The van der Waals surface area contributed by atoms with Gasteiger partial charge in [0.25, 0.3) is 5.91 Å². The lowest BCUT2D eigenvalue weighted by atomic mass is 9.98. The van der Waals surface area contributed by atoms with Crippen molar-refractivity contribution in [3.8, 4) is 0 Å². The van der Waals surface area contributed by atoms with Crippen LogP contribution in [-0.2, 0) is 11.2 Å². The van der Waals surface area contributed by atoms with E-state index in [1.54, 1.807) is 19.1 Å². The highest BCUT2D eigenvalue weighted by atomic mass is 16.3. The summed E-state index contributed by atoms with van der Waals surface area (Å²) >= 11 is 0. The molecule has 0 aliphatic carbocycles. The third-order valence-corrected chi connectivity index (χ3v) is 3.84. The van der Waals surface area contributed by atoms with Gasteiger partial charge in [0.15, 0.2) is 5.76 Å². The molecule has 1 unspecified atom stereocenters. The Morgan fingerprint density at radius 1 is 1.27 bits per heavy atom.